The number of pyridine rings is 1. The molecule has 1 aliphatic rings. The number of aryl methyl sites for hydroxylation is 1. The summed E-state index contributed by atoms with van der Waals surface area (Å²) < 4.78 is 42.1. The van der Waals surface area contributed by atoms with Crippen molar-refractivity contribution in [3.05, 3.63) is 53.7 Å². The van der Waals surface area contributed by atoms with E-state index in [0.717, 1.165) is 53.1 Å². The van der Waals surface area contributed by atoms with E-state index in [0.29, 0.717) is 11.3 Å². The Morgan fingerprint density at radius 1 is 1.00 bits per heavy atom. The number of ether oxygens (including phenoxy) is 1. The van der Waals surface area contributed by atoms with Crippen LogP contribution in [0.5, 0.6) is 11.5 Å². The first-order chi connectivity index (χ1) is 13.9. The van der Waals surface area contributed by atoms with E-state index in [4.69, 9.17) is 4.98 Å². The lowest BCUT2D eigenvalue weighted by molar-refractivity contribution is -0.275. The van der Waals surface area contributed by atoms with Crippen LogP contribution in [-0.4, -0.2) is 21.4 Å². The van der Waals surface area contributed by atoms with Crippen LogP contribution in [0.1, 0.15) is 24.0 Å². The lowest BCUT2D eigenvalue weighted by Crippen LogP contribution is -2.17. The van der Waals surface area contributed by atoms with Crippen LogP contribution in [-0.2, 0) is 12.8 Å². The number of fused-ring (bicyclic) bond motifs is 5. The first-order valence-corrected chi connectivity index (χ1v) is 9.41. The van der Waals surface area contributed by atoms with Gasteiger partial charge in [0, 0.05) is 28.0 Å². The topological polar surface area (TPSA) is 58.1 Å². The second kappa shape index (κ2) is 6.40. The van der Waals surface area contributed by atoms with Crippen molar-refractivity contribution in [2.24, 2.45) is 0 Å². The third-order valence-corrected chi connectivity index (χ3v) is 5.46. The number of hydrogen-bond acceptors (Lipinski definition) is 3. The molecule has 0 atom stereocenters. The van der Waals surface area contributed by atoms with Gasteiger partial charge in [0.25, 0.3) is 0 Å². The van der Waals surface area contributed by atoms with Crippen molar-refractivity contribution in [3.8, 4) is 22.8 Å². The minimum atomic E-state index is -4.88. The summed E-state index contributed by atoms with van der Waals surface area (Å²) in [6.07, 6.45) is 0.783. The summed E-state index contributed by atoms with van der Waals surface area (Å²) in [4.78, 5) is 8.04. The van der Waals surface area contributed by atoms with Crippen LogP contribution in [0.2, 0.25) is 0 Å². The highest BCUT2D eigenvalue weighted by molar-refractivity contribution is 6.08. The molecule has 0 amide bonds. The largest absolute Gasteiger partial charge is 0.573 e. The zero-order valence-corrected chi connectivity index (χ0v) is 15.3. The summed E-state index contributed by atoms with van der Waals surface area (Å²) in [6, 6.07) is 9.92. The van der Waals surface area contributed by atoms with Crippen molar-refractivity contribution in [1.82, 2.24) is 9.97 Å². The van der Waals surface area contributed by atoms with Crippen molar-refractivity contribution >= 4 is 21.8 Å². The van der Waals surface area contributed by atoms with Gasteiger partial charge in [0.2, 0.25) is 0 Å². The smallest absolute Gasteiger partial charge is 0.504 e. The van der Waals surface area contributed by atoms with Gasteiger partial charge in [-0.25, -0.2) is 4.98 Å². The Morgan fingerprint density at radius 2 is 1.79 bits per heavy atom. The van der Waals surface area contributed by atoms with Crippen LogP contribution < -0.4 is 4.74 Å². The van der Waals surface area contributed by atoms with Crippen LogP contribution in [0.4, 0.5) is 13.2 Å². The van der Waals surface area contributed by atoms with Gasteiger partial charge < -0.3 is 14.8 Å². The number of aromatic amines is 1. The fourth-order valence-corrected chi connectivity index (χ4v) is 4.27. The monoisotopic (exact) mass is 398 g/mol. The van der Waals surface area contributed by atoms with Crippen molar-refractivity contribution in [1.29, 1.82) is 0 Å². The van der Waals surface area contributed by atoms with E-state index in [9.17, 15) is 18.3 Å². The molecule has 7 heteroatoms. The van der Waals surface area contributed by atoms with Crippen LogP contribution in [0.25, 0.3) is 33.1 Å². The average molecular weight is 398 g/mol. The molecule has 5 rings (SSSR count). The number of aromatic hydroxyl groups is 1. The maximum atomic E-state index is 12.7. The number of phenols is 1. The Balaban J connectivity index is 1.76. The summed E-state index contributed by atoms with van der Waals surface area (Å²) in [5, 5.41) is 12.0. The molecule has 2 N–H and O–H groups in total. The van der Waals surface area contributed by atoms with Crippen LogP contribution in [0, 0.1) is 0 Å². The zero-order chi connectivity index (χ0) is 20.2. The highest BCUT2D eigenvalue weighted by Crippen LogP contribution is 2.40. The summed E-state index contributed by atoms with van der Waals surface area (Å²) in [7, 11) is 0. The number of halogens is 3. The first kappa shape index (κ1) is 17.8. The molecule has 0 spiro atoms. The molecule has 4 aromatic rings. The predicted molar refractivity (Wildman–Crippen MR) is 104 cm³/mol. The fourth-order valence-electron chi connectivity index (χ4n) is 4.27. The van der Waals surface area contributed by atoms with Gasteiger partial charge in [0.15, 0.2) is 11.5 Å². The third-order valence-electron chi connectivity index (χ3n) is 5.46. The van der Waals surface area contributed by atoms with Crippen LogP contribution in [0.3, 0.4) is 0 Å². The molecule has 0 unspecified atom stereocenters. The normalized spacial score (nSPS) is 14.3. The standard InChI is InChI=1S/C22H17F3N2O2/c23-22(24,25)29-19-11-12(5-8-18(19)28)21-14-4-2-1-3-13(14)20-15-9-10-26-16(15)6-7-17(20)27-21/h5-11,26,28H,1-4H2. The number of H-pyrrole nitrogens is 1. The van der Waals surface area contributed by atoms with Crippen LogP contribution >= 0.6 is 0 Å². The van der Waals surface area contributed by atoms with Gasteiger partial charge in [0.05, 0.1) is 11.2 Å². The second-order valence-electron chi connectivity index (χ2n) is 7.25. The van der Waals surface area contributed by atoms with Crippen molar-refractivity contribution < 1.29 is 23.0 Å². The molecule has 0 saturated carbocycles. The number of benzene rings is 2. The van der Waals surface area contributed by atoms with Crippen molar-refractivity contribution in [2.75, 3.05) is 0 Å². The minimum Gasteiger partial charge on any atom is -0.504 e. The van der Waals surface area contributed by atoms with Gasteiger partial charge >= 0.3 is 6.36 Å². The number of nitrogens with zero attached hydrogens (tertiary/aromatic N) is 1. The van der Waals surface area contributed by atoms with Gasteiger partial charge in [-0.2, -0.15) is 0 Å². The molecule has 2 aromatic carbocycles. The molecule has 1 aliphatic carbocycles. The number of hydrogen-bond donors (Lipinski definition) is 2. The Bertz CT molecular complexity index is 1240. The Hall–Kier alpha value is -3.22. The van der Waals surface area contributed by atoms with Crippen LogP contribution in [0.15, 0.2) is 42.6 Å². The molecule has 4 nitrogen and oxygen atoms in total. The Kier molecular flexibility index (Phi) is 3.94. The number of nitrogens with one attached hydrogen (secondary N) is 1. The van der Waals surface area contributed by atoms with E-state index in [2.05, 4.69) is 9.72 Å². The lowest BCUT2D eigenvalue weighted by atomic mass is 9.85. The van der Waals surface area contributed by atoms with E-state index in [1.807, 2.05) is 24.4 Å². The summed E-state index contributed by atoms with van der Waals surface area (Å²) in [5.74, 6) is -1.18. The maximum Gasteiger partial charge on any atom is 0.573 e. The minimum absolute atomic E-state index is 0.497. The van der Waals surface area contributed by atoms with Gasteiger partial charge in [-0.1, -0.05) is 0 Å². The third kappa shape index (κ3) is 3.06. The molecular weight excluding hydrogens is 381 g/mol. The van der Waals surface area contributed by atoms with E-state index < -0.39 is 17.9 Å². The van der Waals surface area contributed by atoms with Gasteiger partial charge in [-0.15, -0.1) is 13.2 Å². The van der Waals surface area contributed by atoms with Crippen molar-refractivity contribution in [3.63, 3.8) is 0 Å². The van der Waals surface area contributed by atoms with E-state index in [1.165, 1.54) is 17.7 Å². The number of aromatic nitrogens is 2. The first-order valence-electron chi connectivity index (χ1n) is 9.41. The maximum absolute atomic E-state index is 12.7. The average Bonchev–Trinajstić information content (AvgIpc) is 3.17. The lowest BCUT2D eigenvalue weighted by Gasteiger charge is -2.22. The highest BCUT2D eigenvalue weighted by Gasteiger charge is 2.32. The van der Waals surface area contributed by atoms with E-state index in [-0.39, 0.29) is 0 Å². The Labute approximate surface area is 164 Å². The number of rotatable bonds is 2. The number of alkyl halides is 3. The number of phenolic OH excluding ortho intramolecular Hbond substituents is 1. The highest BCUT2D eigenvalue weighted by atomic mass is 19.4. The predicted octanol–water partition coefficient (Wildman–Crippen LogP) is 5.87. The molecule has 29 heavy (non-hydrogen) atoms. The molecule has 2 aromatic heterocycles. The summed E-state index contributed by atoms with van der Waals surface area (Å²) in [6.45, 7) is 0. The van der Waals surface area contributed by atoms with Gasteiger partial charge in [-0.3, -0.25) is 0 Å². The van der Waals surface area contributed by atoms with Gasteiger partial charge in [-0.05, 0) is 73.2 Å². The fraction of sp³-hybridized carbons (Fsp3) is 0.227. The summed E-state index contributed by atoms with van der Waals surface area (Å²) in [5.41, 5.74) is 5.24. The SMILES string of the molecule is Oc1ccc(-c2nc3ccc4[nH]ccc4c3c3c2CCCC3)cc1OC(F)(F)F. The molecular formula is C22H17F3N2O2. The quantitative estimate of drug-likeness (QED) is 0.444. The molecule has 148 valence electrons. The molecule has 0 fully saturated rings. The molecule has 2 heterocycles. The van der Waals surface area contributed by atoms with Crippen molar-refractivity contribution in [2.45, 2.75) is 32.0 Å². The molecule has 0 bridgehead atoms. The van der Waals surface area contributed by atoms with E-state index >= 15 is 0 Å². The zero-order valence-electron chi connectivity index (χ0n) is 15.3. The Morgan fingerprint density at radius 3 is 2.59 bits per heavy atom. The molecule has 0 aliphatic heterocycles. The molecule has 0 radical (unpaired) electrons. The summed E-state index contributed by atoms with van der Waals surface area (Å²) >= 11 is 0. The second-order valence-corrected chi connectivity index (χ2v) is 7.25. The molecule has 0 saturated heterocycles. The van der Waals surface area contributed by atoms with Gasteiger partial charge in [0.1, 0.15) is 0 Å². The van der Waals surface area contributed by atoms with E-state index in [1.54, 1.807) is 6.07 Å².